The summed E-state index contributed by atoms with van der Waals surface area (Å²) in [6.45, 7) is 1.95. The highest BCUT2D eigenvalue weighted by Gasteiger charge is 2.09. The van der Waals surface area contributed by atoms with Gasteiger partial charge >= 0.3 is 0 Å². The third-order valence-corrected chi connectivity index (χ3v) is 2.62. The van der Waals surface area contributed by atoms with Crippen molar-refractivity contribution in [2.45, 2.75) is 13.3 Å². The lowest BCUT2D eigenvalue weighted by molar-refractivity contribution is 0.638. The van der Waals surface area contributed by atoms with Crippen molar-refractivity contribution in [2.24, 2.45) is 7.05 Å². The van der Waals surface area contributed by atoms with Gasteiger partial charge in [-0.2, -0.15) is 0 Å². The summed E-state index contributed by atoms with van der Waals surface area (Å²) in [5, 5.41) is 0.917. The number of hydrogen-bond donors (Lipinski definition) is 0. The number of nitrogens with zero attached hydrogens (tertiary/aromatic N) is 1. The van der Waals surface area contributed by atoms with Crippen molar-refractivity contribution < 1.29 is 4.39 Å². The van der Waals surface area contributed by atoms with Crippen molar-refractivity contribution in [1.82, 2.24) is 4.57 Å². The average Bonchev–Trinajstić information content (AvgIpc) is 2.23. The zero-order valence-electron chi connectivity index (χ0n) is 8.75. The molecular formula is C12H12FNO. The normalized spacial score (nSPS) is 10.9. The Labute approximate surface area is 87.0 Å². The highest BCUT2D eigenvalue weighted by atomic mass is 19.1. The third kappa shape index (κ3) is 1.44. The number of rotatable bonds is 1. The van der Waals surface area contributed by atoms with Crippen LogP contribution in [0.25, 0.3) is 10.8 Å². The average molecular weight is 205 g/mol. The monoisotopic (exact) mass is 205 g/mol. The number of pyridine rings is 1. The molecule has 0 unspecified atom stereocenters. The van der Waals surface area contributed by atoms with Crippen LogP contribution in [0.2, 0.25) is 0 Å². The molecule has 0 spiro atoms. The number of fused-ring (bicyclic) bond motifs is 1. The number of benzene rings is 1. The topological polar surface area (TPSA) is 22.0 Å². The van der Waals surface area contributed by atoms with Gasteiger partial charge in [0.25, 0.3) is 5.56 Å². The van der Waals surface area contributed by atoms with Gasteiger partial charge in [0.05, 0.1) is 5.39 Å². The minimum atomic E-state index is -0.318. The molecule has 1 aromatic carbocycles. The lowest BCUT2D eigenvalue weighted by Gasteiger charge is -2.07. The van der Waals surface area contributed by atoms with Crippen LogP contribution in [-0.4, -0.2) is 4.57 Å². The number of aryl methyl sites for hydroxylation is 2. The number of hydrogen-bond acceptors (Lipinski definition) is 1. The van der Waals surface area contributed by atoms with Crippen LogP contribution in [0, 0.1) is 5.82 Å². The fourth-order valence-electron chi connectivity index (χ4n) is 1.84. The van der Waals surface area contributed by atoms with E-state index < -0.39 is 0 Å². The summed E-state index contributed by atoms with van der Waals surface area (Å²) in [6, 6.07) is 4.62. The maximum Gasteiger partial charge on any atom is 0.258 e. The Kier molecular flexibility index (Phi) is 2.31. The molecule has 0 fully saturated rings. The molecule has 1 aromatic heterocycles. The van der Waals surface area contributed by atoms with E-state index >= 15 is 0 Å². The van der Waals surface area contributed by atoms with Crippen LogP contribution in [0.3, 0.4) is 0 Å². The quantitative estimate of drug-likeness (QED) is 0.699. The van der Waals surface area contributed by atoms with Crippen LogP contribution in [0.1, 0.15) is 12.5 Å². The van der Waals surface area contributed by atoms with Crippen LogP contribution >= 0.6 is 0 Å². The SMILES string of the molecule is CCc1cn(C)c(=O)c2cccc(F)c12. The van der Waals surface area contributed by atoms with E-state index in [9.17, 15) is 9.18 Å². The summed E-state index contributed by atoms with van der Waals surface area (Å²) in [7, 11) is 1.69. The van der Waals surface area contributed by atoms with E-state index in [1.165, 1.54) is 10.6 Å². The molecule has 0 saturated heterocycles. The number of halogens is 1. The second-order valence-electron chi connectivity index (χ2n) is 3.59. The van der Waals surface area contributed by atoms with Gasteiger partial charge in [-0.25, -0.2) is 4.39 Å². The molecule has 2 aromatic rings. The van der Waals surface area contributed by atoms with E-state index in [-0.39, 0.29) is 11.4 Å². The van der Waals surface area contributed by atoms with E-state index in [1.807, 2.05) is 6.92 Å². The largest absolute Gasteiger partial charge is 0.318 e. The Balaban J connectivity index is 3.03. The summed E-state index contributed by atoms with van der Waals surface area (Å²) >= 11 is 0. The van der Waals surface area contributed by atoms with E-state index in [4.69, 9.17) is 0 Å². The van der Waals surface area contributed by atoms with Gasteiger partial charge in [-0.3, -0.25) is 4.79 Å². The van der Waals surface area contributed by atoms with Gasteiger partial charge in [0.2, 0.25) is 0 Å². The lowest BCUT2D eigenvalue weighted by Crippen LogP contribution is -2.17. The summed E-state index contributed by atoms with van der Waals surface area (Å²) < 4.78 is 15.1. The number of aromatic nitrogens is 1. The van der Waals surface area contributed by atoms with Crippen molar-refractivity contribution in [2.75, 3.05) is 0 Å². The molecule has 3 heteroatoms. The molecule has 2 nitrogen and oxygen atoms in total. The minimum absolute atomic E-state index is 0.151. The standard InChI is InChI=1S/C12H12FNO/c1-3-8-7-14(2)12(15)9-5-4-6-10(13)11(8)9/h4-7H,3H2,1-2H3. The third-order valence-electron chi connectivity index (χ3n) is 2.62. The molecule has 1 heterocycles. The lowest BCUT2D eigenvalue weighted by atomic mass is 10.1. The summed E-state index contributed by atoms with van der Waals surface area (Å²) in [5.41, 5.74) is 0.715. The molecular weight excluding hydrogens is 193 g/mol. The molecule has 0 amide bonds. The molecule has 78 valence electrons. The highest BCUT2D eigenvalue weighted by Crippen LogP contribution is 2.19. The molecule has 0 atom stereocenters. The van der Waals surface area contributed by atoms with Crippen LogP contribution in [0.4, 0.5) is 4.39 Å². The Morgan fingerprint density at radius 1 is 1.40 bits per heavy atom. The van der Waals surface area contributed by atoms with Crippen LogP contribution in [0.15, 0.2) is 29.2 Å². The molecule has 0 radical (unpaired) electrons. The maximum atomic E-state index is 13.6. The van der Waals surface area contributed by atoms with E-state index in [1.54, 1.807) is 25.4 Å². The van der Waals surface area contributed by atoms with Crippen molar-refractivity contribution in [3.8, 4) is 0 Å². The van der Waals surface area contributed by atoms with Gasteiger partial charge in [-0.15, -0.1) is 0 Å². The van der Waals surface area contributed by atoms with Crippen LogP contribution in [0.5, 0.6) is 0 Å². The van der Waals surface area contributed by atoms with Gasteiger partial charge in [0.1, 0.15) is 5.82 Å². The van der Waals surface area contributed by atoms with E-state index in [0.29, 0.717) is 17.2 Å². The molecule has 15 heavy (non-hydrogen) atoms. The van der Waals surface area contributed by atoms with E-state index in [2.05, 4.69) is 0 Å². The predicted octanol–water partition coefficient (Wildman–Crippen LogP) is 2.24. The maximum absolute atomic E-state index is 13.6. The first-order valence-corrected chi connectivity index (χ1v) is 4.92. The fraction of sp³-hybridized carbons (Fsp3) is 0.250. The smallest absolute Gasteiger partial charge is 0.258 e. The van der Waals surface area contributed by atoms with Gasteiger partial charge in [-0.1, -0.05) is 13.0 Å². The first kappa shape index (κ1) is 9.90. The summed E-state index contributed by atoms with van der Waals surface area (Å²) in [5.74, 6) is -0.318. The zero-order valence-corrected chi connectivity index (χ0v) is 8.75. The van der Waals surface area contributed by atoms with Gasteiger partial charge in [0, 0.05) is 18.6 Å². The zero-order chi connectivity index (χ0) is 11.0. The molecule has 0 N–H and O–H groups in total. The predicted molar refractivity (Wildman–Crippen MR) is 58.5 cm³/mol. The molecule has 2 rings (SSSR count). The molecule has 0 saturated carbocycles. The minimum Gasteiger partial charge on any atom is -0.318 e. The Morgan fingerprint density at radius 3 is 2.80 bits per heavy atom. The Hall–Kier alpha value is -1.64. The van der Waals surface area contributed by atoms with Crippen LogP contribution in [-0.2, 0) is 13.5 Å². The summed E-state index contributed by atoms with van der Waals surface area (Å²) in [6.07, 6.45) is 2.42. The van der Waals surface area contributed by atoms with Gasteiger partial charge in [-0.05, 0) is 24.1 Å². The van der Waals surface area contributed by atoms with Gasteiger partial charge in [0.15, 0.2) is 0 Å². The Bertz CT molecular complexity index is 572. The first-order chi connectivity index (χ1) is 7.15. The summed E-state index contributed by atoms with van der Waals surface area (Å²) in [4.78, 5) is 11.7. The fourth-order valence-corrected chi connectivity index (χ4v) is 1.84. The molecule has 0 aliphatic rings. The van der Waals surface area contributed by atoms with Gasteiger partial charge < -0.3 is 4.57 Å². The van der Waals surface area contributed by atoms with Crippen molar-refractivity contribution in [1.29, 1.82) is 0 Å². The van der Waals surface area contributed by atoms with Crippen molar-refractivity contribution in [3.05, 3.63) is 46.1 Å². The second kappa shape index (κ2) is 3.50. The Morgan fingerprint density at radius 2 is 2.13 bits per heavy atom. The van der Waals surface area contributed by atoms with Crippen molar-refractivity contribution in [3.63, 3.8) is 0 Å². The first-order valence-electron chi connectivity index (χ1n) is 4.92. The molecule has 0 bridgehead atoms. The highest BCUT2D eigenvalue weighted by molar-refractivity contribution is 5.85. The van der Waals surface area contributed by atoms with Crippen LogP contribution < -0.4 is 5.56 Å². The molecule has 0 aliphatic carbocycles. The molecule has 0 aliphatic heterocycles. The van der Waals surface area contributed by atoms with E-state index in [0.717, 1.165) is 5.56 Å². The second-order valence-corrected chi connectivity index (χ2v) is 3.59. The van der Waals surface area contributed by atoms with Crippen molar-refractivity contribution >= 4 is 10.8 Å².